The molecule has 1 aromatic carbocycles. The number of aliphatic hydroxyl groups is 1. The third-order valence-electron chi connectivity index (χ3n) is 5.08. The van der Waals surface area contributed by atoms with Crippen LogP contribution in [0, 0.1) is 5.92 Å². The zero-order chi connectivity index (χ0) is 17.3. The molecule has 1 aromatic rings. The van der Waals surface area contributed by atoms with Crippen LogP contribution < -0.4 is 5.32 Å². The first-order valence-electron chi connectivity index (χ1n) is 8.63. The molecule has 0 saturated carbocycles. The van der Waals surface area contributed by atoms with Crippen molar-refractivity contribution in [3.05, 3.63) is 29.8 Å². The normalized spacial score (nSPS) is 25.0. The van der Waals surface area contributed by atoms with Crippen LogP contribution in [0.2, 0.25) is 0 Å². The lowest BCUT2D eigenvalue weighted by atomic mass is 9.97. The van der Waals surface area contributed by atoms with E-state index in [9.17, 15) is 14.7 Å². The highest BCUT2D eigenvalue weighted by atomic mass is 16.3. The molecule has 3 amide bonds. The van der Waals surface area contributed by atoms with Crippen molar-refractivity contribution in [3.63, 3.8) is 0 Å². The SMILES string of the molecule is CC[C@H](C)[C@H]1C(=O)Nc2ccccc2CN1C(=O)N1CC[C@H](O)C1. The lowest BCUT2D eigenvalue weighted by Crippen LogP contribution is -2.53. The van der Waals surface area contributed by atoms with Crippen LogP contribution in [-0.2, 0) is 11.3 Å². The Morgan fingerprint density at radius 2 is 2.17 bits per heavy atom. The molecule has 0 unspecified atom stereocenters. The summed E-state index contributed by atoms with van der Waals surface area (Å²) in [6.45, 7) is 5.30. The molecule has 3 rings (SSSR count). The minimum absolute atomic E-state index is 0.0517. The standard InChI is InChI=1S/C18H25N3O3/c1-3-12(2)16-17(23)19-15-7-5-4-6-13(15)10-21(16)18(24)20-9-8-14(22)11-20/h4-7,12,14,16,22H,3,8-11H2,1-2H3,(H,19,23)/t12-,14-,16-/m0/s1. The maximum atomic E-state index is 13.0. The molecule has 2 heterocycles. The molecule has 3 atom stereocenters. The van der Waals surface area contributed by atoms with Crippen LogP contribution in [0.25, 0.3) is 0 Å². The second-order valence-electron chi connectivity index (χ2n) is 6.78. The van der Waals surface area contributed by atoms with Crippen LogP contribution in [0.3, 0.4) is 0 Å². The van der Waals surface area contributed by atoms with Crippen molar-refractivity contribution in [3.8, 4) is 0 Å². The van der Waals surface area contributed by atoms with E-state index in [2.05, 4.69) is 5.32 Å². The Kier molecular flexibility index (Phi) is 4.76. The molecule has 130 valence electrons. The molecule has 0 radical (unpaired) electrons. The van der Waals surface area contributed by atoms with E-state index in [-0.39, 0.29) is 17.9 Å². The van der Waals surface area contributed by atoms with Crippen LogP contribution in [0.1, 0.15) is 32.3 Å². The van der Waals surface area contributed by atoms with Gasteiger partial charge in [-0.25, -0.2) is 4.79 Å². The number of para-hydroxylation sites is 1. The summed E-state index contributed by atoms with van der Waals surface area (Å²) in [5.41, 5.74) is 1.71. The van der Waals surface area contributed by atoms with Crippen LogP contribution in [-0.4, -0.2) is 52.1 Å². The van der Waals surface area contributed by atoms with E-state index in [0.717, 1.165) is 17.7 Å². The number of fused-ring (bicyclic) bond motifs is 1. The van der Waals surface area contributed by atoms with Crippen LogP contribution in [0.15, 0.2) is 24.3 Å². The highest BCUT2D eigenvalue weighted by Crippen LogP contribution is 2.28. The van der Waals surface area contributed by atoms with Crippen LogP contribution in [0.5, 0.6) is 0 Å². The smallest absolute Gasteiger partial charge is 0.321 e. The average Bonchev–Trinajstić information content (AvgIpc) is 2.94. The summed E-state index contributed by atoms with van der Waals surface area (Å²) in [7, 11) is 0. The van der Waals surface area contributed by atoms with Gasteiger partial charge in [0, 0.05) is 18.8 Å². The molecular formula is C18H25N3O3. The van der Waals surface area contributed by atoms with Gasteiger partial charge < -0.3 is 20.2 Å². The predicted molar refractivity (Wildman–Crippen MR) is 91.5 cm³/mol. The maximum Gasteiger partial charge on any atom is 0.321 e. The number of nitrogens with zero attached hydrogens (tertiary/aromatic N) is 2. The first-order valence-corrected chi connectivity index (χ1v) is 8.63. The monoisotopic (exact) mass is 331 g/mol. The number of anilines is 1. The minimum atomic E-state index is -0.507. The molecule has 0 aromatic heterocycles. The first-order chi connectivity index (χ1) is 11.5. The predicted octanol–water partition coefficient (Wildman–Crippen LogP) is 2.04. The topological polar surface area (TPSA) is 72.9 Å². The minimum Gasteiger partial charge on any atom is -0.391 e. The number of β-amino-alcohol motifs (C(OH)–C–C–N with tert-alkyl or cyclic N) is 1. The van der Waals surface area contributed by atoms with Gasteiger partial charge in [-0.3, -0.25) is 4.79 Å². The quantitative estimate of drug-likeness (QED) is 0.871. The highest BCUT2D eigenvalue weighted by Gasteiger charge is 2.39. The molecule has 2 aliphatic rings. The van der Waals surface area contributed by atoms with Crippen molar-refractivity contribution in [2.45, 2.75) is 45.4 Å². The maximum absolute atomic E-state index is 13.0. The van der Waals surface area contributed by atoms with E-state index in [1.54, 1.807) is 9.80 Å². The Labute approximate surface area is 142 Å². The zero-order valence-electron chi connectivity index (χ0n) is 14.2. The van der Waals surface area contributed by atoms with Gasteiger partial charge in [0.05, 0.1) is 12.6 Å². The highest BCUT2D eigenvalue weighted by molar-refractivity contribution is 5.98. The van der Waals surface area contributed by atoms with Gasteiger partial charge in [-0.15, -0.1) is 0 Å². The van der Waals surface area contributed by atoms with Crippen molar-refractivity contribution < 1.29 is 14.7 Å². The van der Waals surface area contributed by atoms with Crippen molar-refractivity contribution in [1.29, 1.82) is 0 Å². The summed E-state index contributed by atoms with van der Waals surface area (Å²) in [5.74, 6) is -0.0850. The Hall–Kier alpha value is -2.08. The first kappa shape index (κ1) is 16.8. The fraction of sp³-hybridized carbons (Fsp3) is 0.556. The lowest BCUT2D eigenvalue weighted by molar-refractivity contribution is -0.122. The Morgan fingerprint density at radius 1 is 1.42 bits per heavy atom. The van der Waals surface area contributed by atoms with Gasteiger partial charge in [0.25, 0.3) is 0 Å². The van der Waals surface area contributed by atoms with Gasteiger partial charge >= 0.3 is 6.03 Å². The summed E-state index contributed by atoms with van der Waals surface area (Å²) in [5, 5.41) is 12.7. The summed E-state index contributed by atoms with van der Waals surface area (Å²) in [6.07, 6.45) is 0.932. The summed E-state index contributed by atoms with van der Waals surface area (Å²) in [4.78, 5) is 29.2. The number of aliphatic hydroxyl groups excluding tert-OH is 1. The Balaban J connectivity index is 1.94. The average molecular weight is 331 g/mol. The van der Waals surface area contributed by atoms with E-state index in [1.807, 2.05) is 38.1 Å². The third kappa shape index (κ3) is 3.11. The molecule has 0 bridgehead atoms. The van der Waals surface area contributed by atoms with E-state index in [1.165, 1.54) is 0 Å². The van der Waals surface area contributed by atoms with Crippen LogP contribution in [0.4, 0.5) is 10.5 Å². The number of carbonyl (C=O) groups is 2. The molecule has 6 nitrogen and oxygen atoms in total. The summed E-state index contributed by atoms with van der Waals surface area (Å²) >= 11 is 0. The Bertz CT molecular complexity index is 634. The van der Waals surface area contributed by atoms with Crippen molar-refractivity contribution in [1.82, 2.24) is 9.80 Å². The largest absolute Gasteiger partial charge is 0.391 e. The number of benzene rings is 1. The molecule has 0 spiro atoms. The van der Waals surface area contributed by atoms with Gasteiger partial charge in [0.15, 0.2) is 0 Å². The number of nitrogens with one attached hydrogen (secondary N) is 1. The second-order valence-corrected chi connectivity index (χ2v) is 6.78. The lowest BCUT2D eigenvalue weighted by Gasteiger charge is -2.35. The molecule has 6 heteroatoms. The molecule has 0 aliphatic carbocycles. The van der Waals surface area contributed by atoms with Crippen molar-refractivity contribution in [2.24, 2.45) is 5.92 Å². The van der Waals surface area contributed by atoms with Crippen LogP contribution >= 0.6 is 0 Å². The molecular weight excluding hydrogens is 306 g/mol. The summed E-state index contributed by atoms with van der Waals surface area (Å²) < 4.78 is 0. The van der Waals surface area contributed by atoms with Gasteiger partial charge in [-0.05, 0) is 24.0 Å². The Morgan fingerprint density at radius 3 is 2.83 bits per heavy atom. The number of amides is 3. The number of hydrogen-bond acceptors (Lipinski definition) is 3. The molecule has 1 saturated heterocycles. The third-order valence-corrected chi connectivity index (χ3v) is 5.08. The van der Waals surface area contributed by atoms with Gasteiger partial charge in [-0.2, -0.15) is 0 Å². The number of hydrogen-bond donors (Lipinski definition) is 2. The molecule has 2 N–H and O–H groups in total. The molecule has 24 heavy (non-hydrogen) atoms. The van der Waals surface area contributed by atoms with E-state index >= 15 is 0 Å². The fourth-order valence-corrected chi connectivity index (χ4v) is 3.48. The number of urea groups is 1. The second kappa shape index (κ2) is 6.81. The van der Waals surface area contributed by atoms with Crippen molar-refractivity contribution in [2.75, 3.05) is 18.4 Å². The van der Waals surface area contributed by atoms with E-state index < -0.39 is 12.1 Å². The number of carbonyl (C=O) groups excluding carboxylic acids is 2. The molecule has 2 aliphatic heterocycles. The zero-order valence-corrected chi connectivity index (χ0v) is 14.2. The molecule has 1 fully saturated rings. The van der Waals surface area contributed by atoms with E-state index in [0.29, 0.717) is 26.1 Å². The summed E-state index contributed by atoms with van der Waals surface area (Å²) in [6, 6.07) is 6.93. The number of rotatable bonds is 2. The van der Waals surface area contributed by atoms with E-state index in [4.69, 9.17) is 0 Å². The van der Waals surface area contributed by atoms with Crippen molar-refractivity contribution >= 4 is 17.6 Å². The van der Waals surface area contributed by atoms with Gasteiger partial charge in [0.2, 0.25) is 5.91 Å². The van der Waals surface area contributed by atoms with Gasteiger partial charge in [0.1, 0.15) is 6.04 Å². The number of likely N-dealkylation sites (tertiary alicyclic amines) is 1. The van der Waals surface area contributed by atoms with Gasteiger partial charge in [-0.1, -0.05) is 38.5 Å². The fourth-order valence-electron chi connectivity index (χ4n) is 3.48.